The van der Waals surface area contributed by atoms with Gasteiger partial charge in [0.25, 0.3) is 0 Å². The van der Waals surface area contributed by atoms with E-state index in [2.05, 4.69) is 15.4 Å². The molecule has 0 aliphatic rings. The average Bonchev–Trinajstić information content (AvgIpc) is 2.70. The normalized spacial score (nSPS) is 12.1. The Bertz CT molecular complexity index is 397. The van der Waals surface area contributed by atoms with Crippen LogP contribution in [-0.2, 0) is 14.7 Å². The van der Waals surface area contributed by atoms with Crippen LogP contribution in [-0.4, -0.2) is 42.9 Å². The van der Waals surface area contributed by atoms with Crippen LogP contribution in [0.1, 0.15) is 12.6 Å². The van der Waals surface area contributed by atoms with Gasteiger partial charge in [-0.3, -0.25) is 5.10 Å². The minimum Gasteiger partial charge on any atom is -0.395 e. The lowest BCUT2D eigenvalue weighted by atomic mass is 10.5. The molecule has 0 aliphatic carbocycles. The monoisotopic (exact) mass is 231 g/mol. The third kappa shape index (κ3) is 4.59. The van der Waals surface area contributed by atoms with Crippen LogP contribution in [0.3, 0.4) is 0 Å². The molecule has 1 aromatic rings. The first-order valence-electron chi connectivity index (χ1n) is 4.49. The van der Waals surface area contributed by atoms with Gasteiger partial charge in [-0.15, -0.1) is 0 Å². The second-order valence-electron chi connectivity index (χ2n) is 2.80. The summed E-state index contributed by atoms with van der Waals surface area (Å²) in [6.45, 7) is 1.67. The number of nitrogens with zero attached hydrogens (tertiary/aromatic N) is 2. The molecule has 1 aromatic heterocycles. The van der Waals surface area contributed by atoms with Crippen molar-refractivity contribution in [3.05, 3.63) is 18.0 Å². The van der Waals surface area contributed by atoms with Crippen LogP contribution in [0.2, 0.25) is 0 Å². The summed E-state index contributed by atoms with van der Waals surface area (Å²) in [6, 6.07) is 1.72. The van der Waals surface area contributed by atoms with Gasteiger partial charge in [-0.1, -0.05) is 12.1 Å². The van der Waals surface area contributed by atoms with E-state index in [1.165, 1.54) is 6.21 Å². The van der Waals surface area contributed by atoms with Crippen molar-refractivity contribution in [3.8, 4) is 0 Å². The van der Waals surface area contributed by atoms with Crippen molar-refractivity contribution in [3.63, 3.8) is 0 Å². The minimum atomic E-state index is -2.97. The van der Waals surface area contributed by atoms with Gasteiger partial charge in [-0.25, -0.2) is 8.42 Å². The smallest absolute Gasteiger partial charge is 0.153 e. The van der Waals surface area contributed by atoms with Gasteiger partial charge in [-0.05, 0) is 6.07 Å². The Kier molecular flexibility index (Phi) is 4.29. The molecule has 0 saturated heterocycles. The number of hydrogen-bond donors (Lipinski definition) is 1. The molecule has 6 nitrogen and oxygen atoms in total. The number of rotatable bonds is 6. The van der Waals surface area contributed by atoms with Crippen LogP contribution in [0.15, 0.2) is 17.4 Å². The Morgan fingerprint density at radius 3 is 3.07 bits per heavy atom. The lowest BCUT2D eigenvalue weighted by Gasteiger charge is -1.98. The summed E-state index contributed by atoms with van der Waals surface area (Å²) >= 11 is 0. The topological polar surface area (TPSA) is 84.4 Å². The minimum absolute atomic E-state index is 0.0125. The van der Waals surface area contributed by atoms with Crippen molar-refractivity contribution in [1.29, 1.82) is 0 Å². The molecular weight excluding hydrogens is 218 g/mol. The first-order chi connectivity index (χ1) is 7.14. The fourth-order valence-electron chi connectivity index (χ4n) is 0.796. The van der Waals surface area contributed by atoms with E-state index in [1.807, 2.05) is 0 Å². The number of nitrogens with one attached hydrogen (secondary N) is 1. The zero-order valence-electron chi connectivity index (χ0n) is 8.38. The van der Waals surface area contributed by atoms with Gasteiger partial charge >= 0.3 is 0 Å². The zero-order valence-corrected chi connectivity index (χ0v) is 9.20. The third-order valence-electron chi connectivity index (χ3n) is 1.71. The largest absolute Gasteiger partial charge is 0.395 e. The fraction of sp³-hybridized carbons (Fsp3) is 0.500. The van der Waals surface area contributed by atoms with Crippen molar-refractivity contribution >= 4 is 16.1 Å². The zero-order chi connectivity index (χ0) is 11.1. The molecule has 1 N–H and O–H groups in total. The highest BCUT2D eigenvalue weighted by atomic mass is 32.2. The van der Waals surface area contributed by atoms with Crippen molar-refractivity contribution in [2.45, 2.75) is 6.92 Å². The highest BCUT2D eigenvalue weighted by molar-refractivity contribution is 7.91. The summed E-state index contributed by atoms with van der Waals surface area (Å²) in [6.07, 6.45) is 3.07. The summed E-state index contributed by atoms with van der Waals surface area (Å²) in [5, 5.41) is 10.00. The maximum atomic E-state index is 11.0. The summed E-state index contributed by atoms with van der Waals surface area (Å²) in [5.41, 5.74) is 0.633. The number of H-pyrrole nitrogens is 1. The highest BCUT2D eigenvalue weighted by Crippen LogP contribution is 1.91. The number of oxime groups is 1. The maximum absolute atomic E-state index is 11.0. The molecule has 84 valence electrons. The SMILES string of the molecule is CCS(=O)(=O)CCO/N=C/c1cc[nH]n1. The van der Waals surface area contributed by atoms with Gasteiger partial charge in [0.15, 0.2) is 9.84 Å². The molecular formula is C8H13N3O3S. The van der Waals surface area contributed by atoms with E-state index in [0.29, 0.717) is 5.69 Å². The van der Waals surface area contributed by atoms with Gasteiger partial charge in [0.05, 0.1) is 12.0 Å². The number of sulfone groups is 1. The molecule has 1 heterocycles. The van der Waals surface area contributed by atoms with Gasteiger partial charge in [0.1, 0.15) is 12.3 Å². The molecule has 0 saturated carbocycles. The Hall–Kier alpha value is -1.37. The van der Waals surface area contributed by atoms with Crippen LogP contribution in [0.4, 0.5) is 0 Å². The Balaban J connectivity index is 2.23. The fourth-order valence-corrected chi connectivity index (χ4v) is 1.41. The van der Waals surface area contributed by atoms with E-state index in [-0.39, 0.29) is 18.1 Å². The highest BCUT2D eigenvalue weighted by Gasteiger charge is 2.06. The molecule has 0 bridgehead atoms. The summed E-state index contributed by atoms with van der Waals surface area (Å²) in [5.74, 6) is 0.112. The predicted octanol–water partition coefficient (Wildman–Crippen LogP) is 0.195. The van der Waals surface area contributed by atoms with E-state index >= 15 is 0 Å². The molecule has 0 amide bonds. The lowest BCUT2D eigenvalue weighted by Crippen LogP contribution is -2.12. The van der Waals surface area contributed by atoms with Crippen LogP contribution < -0.4 is 0 Å². The Morgan fingerprint density at radius 1 is 1.67 bits per heavy atom. The van der Waals surface area contributed by atoms with Gasteiger partial charge in [-0.2, -0.15) is 5.10 Å². The Morgan fingerprint density at radius 2 is 2.47 bits per heavy atom. The molecule has 0 radical (unpaired) electrons. The number of aromatic amines is 1. The molecule has 0 aliphatic heterocycles. The molecule has 0 spiro atoms. The van der Waals surface area contributed by atoms with Crippen molar-refractivity contribution < 1.29 is 13.3 Å². The van der Waals surface area contributed by atoms with Crippen LogP contribution in [0, 0.1) is 0 Å². The summed E-state index contributed by atoms with van der Waals surface area (Å²) < 4.78 is 22.1. The van der Waals surface area contributed by atoms with Gasteiger partial charge in [0, 0.05) is 11.9 Å². The quantitative estimate of drug-likeness (QED) is 0.430. The maximum Gasteiger partial charge on any atom is 0.153 e. The van der Waals surface area contributed by atoms with E-state index in [0.717, 1.165) is 0 Å². The van der Waals surface area contributed by atoms with Crippen LogP contribution >= 0.6 is 0 Å². The molecule has 0 atom stereocenters. The lowest BCUT2D eigenvalue weighted by molar-refractivity contribution is 0.162. The van der Waals surface area contributed by atoms with Crippen molar-refractivity contribution in [2.24, 2.45) is 5.16 Å². The summed E-state index contributed by atoms with van der Waals surface area (Å²) in [4.78, 5) is 4.78. The molecule has 0 unspecified atom stereocenters. The van der Waals surface area contributed by atoms with E-state index in [4.69, 9.17) is 4.84 Å². The first-order valence-corrected chi connectivity index (χ1v) is 6.32. The van der Waals surface area contributed by atoms with E-state index < -0.39 is 9.84 Å². The second-order valence-corrected chi connectivity index (χ2v) is 5.28. The molecule has 0 aromatic carbocycles. The van der Waals surface area contributed by atoms with E-state index in [1.54, 1.807) is 19.2 Å². The van der Waals surface area contributed by atoms with Crippen LogP contribution in [0.25, 0.3) is 0 Å². The summed E-state index contributed by atoms with van der Waals surface area (Å²) in [7, 11) is -2.97. The number of aromatic nitrogens is 2. The van der Waals surface area contributed by atoms with E-state index in [9.17, 15) is 8.42 Å². The molecule has 15 heavy (non-hydrogen) atoms. The van der Waals surface area contributed by atoms with Gasteiger partial charge < -0.3 is 4.84 Å². The predicted molar refractivity (Wildman–Crippen MR) is 56.5 cm³/mol. The first kappa shape index (κ1) is 11.7. The molecule has 7 heteroatoms. The standard InChI is InChI=1S/C8H13N3O3S/c1-2-15(12,13)6-5-14-10-7-8-3-4-9-11-8/h3-4,7H,2,5-6H2,1H3,(H,9,11)/b10-7+. The van der Waals surface area contributed by atoms with Crippen molar-refractivity contribution in [1.82, 2.24) is 10.2 Å². The average molecular weight is 231 g/mol. The second kappa shape index (κ2) is 5.50. The van der Waals surface area contributed by atoms with Crippen molar-refractivity contribution in [2.75, 3.05) is 18.1 Å². The Labute approximate surface area is 88.2 Å². The number of hydrogen-bond acceptors (Lipinski definition) is 5. The van der Waals surface area contributed by atoms with Crippen LogP contribution in [0.5, 0.6) is 0 Å². The molecule has 0 fully saturated rings. The molecule has 1 rings (SSSR count). The third-order valence-corrected chi connectivity index (χ3v) is 3.38. The van der Waals surface area contributed by atoms with Gasteiger partial charge in [0.2, 0.25) is 0 Å².